The number of aliphatic hydroxyl groups is 2. The van der Waals surface area contributed by atoms with E-state index < -0.39 is 6.10 Å². The van der Waals surface area contributed by atoms with Crippen molar-refractivity contribution in [1.82, 2.24) is 15.0 Å². The predicted octanol–water partition coefficient (Wildman–Crippen LogP) is 1.19. The molecule has 2 aromatic rings. The summed E-state index contributed by atoms with van der Waals surface area (Å²) in [5.74, 6) is -0.131. The Hall–Kier alpha value is -2.22. The third-order valence-electron chi connectivity index (χ3n) is 6.21. The summed E-state index contributed by atoms with van der Waals surface area (Å²) in [5, 5.41) is 24.4. The lowest BCUT2D eigenvalue weighted by atomic mass is 9.72. The lowest BCUT2D eigenvalue weighted by Crippen LogP contribution is -2.51. The van der Waals surface area contributed by atoms with Gasteiger partial charge >= 0.3 is 0 Å². The van der Waals surface area contributed by atoms with Crippen molar-refractivity contribution >= 4 is 5.91 Å². The van der Waals surface area contributed by atoms with Crippen molar-refractivity contribution in [2.45, 2.75) is 30.4 Å². The van der Waals surface area contributed by atoms with E-state index in [0.717, 1.165) is 5.56 Å². The minimum atomic E-state index is -0.573. The minimum absolute atomic E-state index is 0.0505. The van der Waals surface area contributed by atoms with Gasteiger partial charge in [0.05, 0.1) is 18.8 Å². The zero-order chi connectivity index (χ0) is 19.0. The van der Waals surface area contributed by atoms with Crippen molar-refractivity contribution in [2.75, 3.05) is 33.3 Å². The first-order valence-corrected chi connectivity index (χ1v) is 9.37. The molecule has 1 aliphatic heterocycles. The summed E-state index contributed by atoms with van der Waals surface area (Å²) >= 11 is 0. The van der Waals surface area contributed by atoms with Gasteiger partial charge in [0, 0.05) is 31.1 Å². The third kappa shape index (κ3) is 2.86. The highest BCUT2D eigenvalue weighted by atomic mass is 16.5. The van der Waals surface area contributed by atoms with Gasteiger partial charge in [-0.25, -0.2) is 0 Å². The number of carbonyl (C=O) groups is 1. The maximum atomic E-state index is 12.6. The Morgan fingerprint density at radius 2 is 2.07 bits per heavy atom. The Balaban J connectivity index is 1.59. The van der Waals surface area contributed by atoms with Crippen molar-refractivity contribution in [3.63, 3.8) is 0 Å². The Morgan fingerprint density at radius 1 is 1.33 bits per heavy atom. The molecule has 4 rings (SSSR count). The number of piperidine rings is 1. The number of rotatable bonds is 4. The summed E-state index contributed by atoms with van der Waals surface area (Å²) in [4.78, 5) is 16.4. The van der Waals surface area contributed by atoms with Gasteiger partial charge in [-0.15, -0.1) is 0 Å². The van der Waals surface area contributed by atoms with Gasteiger partial charge in [-0.3, -0.25) is 9.69 Å². The zero-order valence-electron chi connectivity index (χ0n) is 15.4. The van der Waals surface area contributed by atoms with E-state index in [0.29, 0.717) is 38.2 Å². The van der Waals surface area contributed by atoms with E-state index in [9.17, 15) is 15.0 Å². The van der Waals surface area contributed by atoms with Crippen LogP contribution in [0.25, 0.3) is 0 Å². The van der Waals surface area contributed by atoms with Crippen LogP contribution in [0.2, 0.25) is 0 Å². The van der Waals surface area contributed by atoms with Gasteiger partial charge < -0.3 is 19.6 Å². The van der Waals surface area contributed by atoms with Gasteiger partial charge in [-0.1, -0.05) is 29.4 Å². The number of carbonyl (C=O) groups excluding carboxylic acids is 1. The van der Waals surface area contributed by atoms with Crippen molar-refractivity contribution < 1.29 is 19.5 Å². The monoisotopic (exact) mass is 371 g/mol. The largest absolute Gasteiger partial charge is 0.395 e. The van der Waals surface area contributed by atoms with E-state index in [4.69, 9.17) is 4.52 Å². The summed E-state index contributed by atoms with van der Waals surface area (Å²) < 4.78 is 4.78. The molecule has 2 aliphatic rings. The number of benzene rings is 1. The molecular formula is C20H25N3O4. The summed E-state index contributed by atoms with van der Waals surface area (Å²) in [6, 6.07) is 9.60. The van der Waals surface area contributed by atoms with E-state index in [2.05, 4.69) is 17.3 Å². The minimum Gasteiger partial charge on any atom is -0.395 e. The molecule has 144 valence electrons. The van der Waals surface area contributed by atoms with E-state index in [1.165, 1.54) is 11.8 Å². The number of aliphatic hydroxyl groups excluding tert-OH is 2. The first kappa shape index (κ1) is 18.2. The normalized spacial score (nSPS) is 23.8. The number of fused-ring (bicyclic) bond motifs is 2. The van der Waals surface area contributed by atoms with Crippen LogP contribution in [0, 0.1) is 0 Å². The topological polar surface area (TPSA) is 90.0 Å². The Bertz CT molecular complexity index is 799. The second-order valence-electron chi connectivity index (χ2n) is 7.51. The number of amides is 1. The van der Waals surface area contributed by atoms with Gasteiger partial charge in [-0.2, -0.15) is 0 Å². The maximum Gasteiger partial charge on any atom is 0.276 e. The van der Waals surface area contributed by atoms with Crippen molar-refractivity contribution in [3.8, 4) is 0 Å². The fourth-order valence-corrected chi connectivity index (χ4v) is 4.77. The highest BCUT2D eigenvalue weighted by Crippen LogP contribution is 2.52. The molecule has 0 bridgehead atoms. The smallest absolute Gasteiger partial charge is 0.276 e. The fraction of sp³-hybridized carbons (Fsp3) is 0.500. The molecule has 2 heterocycles. The molecule has 2 atom stereocenters. The van der Waals surface area contributed by atoms with Gasteiger partial charge in [0.2, 0.25) is 0 Å². The molecule has 1 spiro atoms. The first-order valence-electron chi connectivity index (χ1n) is 9.37. The number of likely N-dealkylation sites (N-methyl/N-ethyl adjacent to an activating group) is 1. The number of aromatic nitrogens is 1. The van der Waals surface area contributed by atoms with Crippen LogP contribution in [0.3, 0.4) is 0 Å². The van der Waals surface area contributed by atoms with Gasteiger partial charge in [0.15, 0.2) is 5.69 Å². The summed E-state index contributed by atoms with van der Waals surface area (Å²) in [6.07, 6.45) is 2.21. The summed E-state index contributed by atoms with van der Waals surface area (Å²) in [6.45, 7) is 1.68. The van der Waals surface area contributed by atoms with Crippen molar-refractivity contribution in [1.29, 1.82) is 0 Å². The Morgan fingerprint density at radius 3 is 2.74 bits per heavy atom. The van der Waals surface area contributed by atoms with E-state index >= 15 is 0 Å². The average Bonchev–Trinajstić information content (AvgIpc) is 3.29. The molecule has 0 saturated carbocycles. The van der Waals surface area contributed by atoms with Crippen molar-refractivity contribution in [2.24, 2.45) is 0 Å². The third-order valence-corrected chi connectivity index (χ3v) is 6.21. The molecule has 2 N–H and O–H groups in total. The lowest BCUT2D eigenvalue weighted by molar-refractivity contribution is -0.0101. The van der Waals surface area contributed by atoms with Crippen LogP contribution in [-0.4, -0.2) is 70.5 Å². The number of likely N-dealkylation sites (tertiary alicyclic amines) is 1. The van der Waals surface area contributed by atoms with Crippen LogP contribution in [0.5, 0.6) is 0 Å². The van der Waals surface area contributed by atoms with Gasteiger partial charge in [0.25, 0.3) is 5.91 Å². The van der Waals surface area contributed by atoms with Crippen LogP contribution in [0.4, 0.5) is 0 Å². The molecule has 1 amide bonds. The molecule has 1 aliphatic carbocycles. The second-order valence-corrected chi connectivity index (χ2v) is 7.51. The molecule has 27 heavy (non-hydrogen) atoms. The molecular weight excluding hydrogens is 346 g/mol. The molecule has 0 radical (unpaired) electrons. The number of hydrogen-bond donors (Lipinski definition) is 2. The molecule has 1 aromatic heterocycles. The summed E-state index contributed by atoms with van der Waals surface area (Å²) in [5.41, 5.74) is 2.24. The number of hydrogen-bond acceptors (Lipinski definition) is 6. The van der Waals surface area contributed by atoms with Gasteiger partial charge in [-0.05, 0) is 31.0 Å². The van der Waals surface area contributed by atoms with Crippen LogP contribution in [0.15, 0.2) is 41.1 Å². The maximum absolute atomic E-state index is 12.6. The van der Waals surface area contributed by atoms with Crippen LogP contribution >= 0.6 is 0 Å². The van der Waals surface area contributed by atoms with E-state index in [-0.39, 0.29) is 24.0 Å². The zero-order valence-corrected chi connectivity index (χ0v) is 15.4. The first-order chi connectivity index (χ1) is 13.1. The lowest BCUT2D eigenvalue weighted by Gasteiger charge is -2.43. The second kappa shape index (κ2) is 7.07. The highest BCUT2D eigenvalue weighted by molar-refractivity contribution is 5.92. The number of nitrogens with zero attached hydrogens (tertiary/aromatic N) is 3. The molecule has 7 nitrogen and oxygen atoms in total. The predicted molar refractivity (Wildman–Crippen MR) is 98.2 cm³/mol. The van der Waals surface area contributed by atoms with Crippen LogP contribution in [-0.2, 0) is 5.41 Å². The molecule has 1 aromatic carbocycles. The van der Waals surface area contributed by atoms with Gasteiger partial charge in [0.1, 0.15) is 6.26 Å². The van der Waals surface area contributed by atoms with E-state index in [1.54, 1.807) is 11.0 Å². The quantitative estimate of drug-likeness (QED) is 0.839. The Labute approximate surface area is 158 Å². The molecule has 0 unspecified atom stereocenters. The fourth-order valence-electron chi connectivity index (χ4n) is 4.77. The molecule has 7 heteroatoms. The molecule has 1 fully saturated rings. The highest BCUT2D eigenvalue weighted by Gasteiger charge is 2.53. The van der Waals surface area contributed by atoms with Crippen LogP contribution in [0.1, 0.15) is 40.5 Å². The summed E-state index contributed by atoms with van der Waals surface area (Å²) in [7, 11) is 1.93. The Kier molecular flexibility index (Phi) is 4.75. The van der Waals surface area contributed by atoms with Crippen LogP contribution < -0.4 is 0 Å². The van der Waals surface area contributed by atoms with E-state index in [1.807, 2.05) is 24.1 Å². The average molecular weight is 371 g/mol. The SMILES string of the molecule is CN(CCO)[C@@H]1c2ccccc2C2(CCN(C(=O)c3ccon3)CC2)[C@H]1O. The standard InChI is InChI=1S/C20H25N3O4/c1-22(11-12-24)17-14-4-2-3-5-15(14)20(18(17)25)7-9-23(10-8-20)19(26)16-6-13-27-21-16/h2-6,13,17-18,24-25H,7-12H2,1H3/t17-,18+/m1/s1. The van der Waals surface area contributed by atoms with Crippen molar-refractivity contribution in [3.05, 3.63) is 53.4 Å². The molecule has 1 saturated heterocycles.